The summed E-state index contributed by atoms with van der Waals surface area (Å²) in [4.78, 5) is 2.68. The number of nitrogens with zero attached hydrogens (tertiary/aromatic N) is 1. The van der Waals surface area contributed by atoms with Crippen molar-refractivity contribution in [2.45, 2.75) is 57.7 Å². The maximum absolute atomic E-state index is 6.15. The van der Waals surface area contributed by atoms with E-state index >= 15 is 0 Å². The summed E-state index contributed by atoms with van der Waals surface area (Å²) in [7, 11) is 0. The summed E-state index contributed by atoms with van der Waals surface area (Å²) in [6, 6.07) is 0.988. The number of piperidine rings is 1. The molecule has 2 aliphatic rings. The van der Waals surface area contributed by atoms with Crippen LogP contribution in [0.1, 0.15) is 40.0 Å². The second-order valence-corrected chi connectivity index (χ2v) is 5.85. The van der Waals surface area contributed by atoms with Crippen molar-refractivity contribution in [3.63, 3.8) is 0 Å². The van der Waals surface area contributed by atoms with Crippen LogP contribution < -0.4 is 5.73 Å². The van der Waals surface area contributed by atoms with Gasteiger partial charge in [-0.25, -0.2) is 0 Å². The molecule has 0 aromatic heterocycles. The van der Waals surface area contributed by atoms with E-state index in [2.05, 4.69) is 25.7 Å². The SMILES string of the molecule is CC1C(N)CCN(C2(C)CCOCC2)C1C. The van der Waals surface area contributed by atoms with Crippen molar-refractivity contribution in [2.24, 2.45) is 11.7 Å². The first-order chi connectivity index (χ1) is 7.54. The quantitative estimate of drug-likeness (QED) is 0.738. The van der Waals surface area contributed by atoms with Crippen LogP contribution in [-0.2, 0) is 4.74 Å². The third-order valence-electron chi connectivity index (χ3n) is 4.89. The molecule has 0 saturated carbocycles. The van der Waals surface area contributed by atoms with Gasteiger partial charge in [0.25, 0.3) is 0 Å². The van der Waals surface area contributed by atoms with E-state index in [4.69, 9.17) is 10.5 Å². The largest absolute Gasteiger partial charge is 0.381 e. The van der Waals surface area contributed by atoms with Gasteiger partial charge in [-0.15, -0.1) is 0 Å². The van der Waals surface area contributed by atoms with Crippen LogP contribution in [0, 0.1) is 5.92 Å². The van der Waals surface area contributed by atoms with Crippen molar-refractivity contribution in [2.75, 3.05) is 19.8 Å². The maximum Gasteiger partial charge on any atom is 0.0483 e. The number of likely N-dealkylation sites (tertiary alicyclic amines) is 1. The Bertz CT molecular complexity index is 238. The standard InChI is InChI=1S/C13H26N2O/c1-10-11(2)15(7-4-12(10)14)13(3)5-8-16-9-6-13/h10-12H,4-9,14H2,1-3H3. The second kappa shape index (κ2) is 4.63. The smallest absolute Gasteiger partial charge is 0.0483 e. The predicted octanol–water partition coefficient (Wildman–Crippen LogP) is 1.61. The molecule has 2 heterocycles. The zero-order valence-electron chi connectivity index (χ0n) is 10.9. The molecule has 3 heteroatoms. The number of ether oxygens (including phenoxy) is 1. The van der Waals surface area contributed by atoms with Crippen molar-refractivity contribution in [1.29, 1.82) is 0 Å². The Labute approximate surface area is 99.3 Å². The Balaban J connectivity index is 2.08. The molecule has 0 aromatic rings. The van der Waals surface area contributed by atoms with Gasteiger partial charge < -0.3 is 10.5 Å². The Hall–Kier alpha value is -0.120. The fourth-order valence-corrected chi connectivity index (χ4v) is 3.26. The van der Waals surface area contributed by atoms with Crippen LogP contribution in [0.4, 0.5) is 0 Å². The summed E-state index contributed by atoms with van der Waals surface area (Å²) in [5, 5.41) is 0. The molecule has 0 radical (unpaired) electrons. The van der Waals surface area contributed by atoms with Gasteiger partial charge in [-0.2, -0.15) is 0 Å². The Kier molecular flexibility index (Phi) is 3.57. The van der Waals surface area contributed by atoms with Gasteiger partial charge in [-0.3, -0.25) is 4.90 Å². The molecule has 0 spiro atoms. The van der Waals surface area contributed by atoms with Crippen molar-refractivity contribution in [3.05, 3.63) is 0 Å². The highest BCUT2D eigenvalue weighted by atomic mass is 16.5. The molecule has 3 atom stereocenters. The van der Waals surface area contributed by atoms with E-state index in [9.17, 15) is 0 Å². The molecule has 2 fully saturated rings. The summed E-state index contributed by atoms with van der Waals surface area (Å²) < 4.78 is 5.49. The monoisotopic (exact) mass is 226 g/mol. The third-order valence-corrected chi connectivity index (χ3v) is 4.89. The van der Waals surface area contributed by atoms with Crippen LogP contribution in [0.25, 0.3) is 0 Å². The summed E-state index contributed by atoms with van der Waals surface area (Å²) in [5.41, 5.74) is 6.49. The van der Waals surface area contributed by atoms with Gasteiger partial charge in [0.05, 0.1) is 0 Å². The van der Waals surface area contributed by atoms with Crippen molar-refractivity contribution in [1.82, 2.24) is 4.90 Å². The van der Waals surface area contributed by atoms with Gasteiger partial charge in [0, 0.05) is 37.4 Å². The fraction of sp³-hybridized carbons (Fsp3) is 1.00. The minimum absolute atomic E-state index is 0.339. The van der Waals surface area contributed by atoms with Crippen LogP contribution in [0.3, 0.4) is 0 Å². The Morgan fingerprint density at radius 2 is 1.88 bits per heavy atom. The number of hydrogen-bond donors (Lipinski definition) is 1. The molecule has 3 unspecified atom stereocenters. The van der Waals surface area contributed by atoms with E-state index < -0.39 is 0 Å². The molecule has 2 N–H and O–H groups in total. The van der Waals surface area contributed by atoms with Gasteiger partial charge in [0.15, 0.2) is 0 Å². The van der Waals surface area contributed by atoms with Crippen molar-refractivity contribution < 1.29 is 4.74 Å². The van der Waals surface area contributed by atoms with Gasteiger partial charge >= 0.3 is 0 Å². The summed E-state index contributed by atoms with van der Waals surface area (Å²) in [6.07, 6.45) is 3.47. The van der Waals surface area contributed by atoms with Gasteiger partial charge in [0.2, 0.25) is 0 Å². The van der Waals surface area contributed by atoms with Crippen molar-refractivity contribution >= 4 is 0 Å². The van der Waals surface area contributed by atoms with Crippen LogP contribution in [0.15, 0.2) is 0 Å². The van der Waals surface area contributed by atoms with Crippen LogP contribution in [-0.4, -0.2) is 42.3 Å². The van der Waals surface area contributed by atoms with E-state index in [1.807, 2.05) is 0 Å². The topological polar surface area (TPSA) is 38.5 Å². The summed E-state index contributed by atoms with van der Waals surface area (Å²) in [6.45, 7) is 10.0. The fourth-order valence-electron chi connectivity index (χ4n) is 3.26. The Morgan fingerprint density at radius 1 is 1.25 bits per heavy atom. The lowest BCUT2D eigenvalue weighted by molar-refractivity contribution is -0.0616. The molecule has 0 amide bonds. The molecule has 0 aromatic carbocycles. The third kappa shape index (κ3) is 2.13. The molecular weight excluding hydrogens is 200 g/mol. The predicted molar refractivity (Wildman–Crippen MR) is 66.4 cm³/mol. The second-order valence-electron chi connectivity index (χ2n) is 5.85. The highest BCUT2D eigenvalue weighted by Gasteiger charge is 2.41. The number of hydrogen-bond acceptors (Lipinski definition) is 3. The molecule has 3 nitrogen and oxygen atoms in total. The zero-order chi connectivity index (χ0) is 11.8. The first-order valence-corrected chi connectivity index (χ1v) is 6.65. The summed E-state index contributed by atoms with van der Waals surface area (Å²) >= 11 is 0. The first-order valence-electron chi connectivity index (χ1n) is 6.65. The molecule has 94 valence electrons. The van der Waals surface area contributed by atoms with Gasteiger partial charge in [-0.05, 0) is 39.0 Å². The van der Waals surface area contributed by atoms with Gasteiger partial charge in [0.1, 0.15) is 0 Å². The lowest BCUT2D eigenvalue weighted by Crippen LogP contribution is -2.61. The Morgan fingerprint density at radius 3 is 2.50 bits per heavy atom. The van der Waals surface area contributed by atoms with E-state index in [0.717, 1.165) is 26.2 Å². The number of nitrogens with two attached hydrogens (primary N) is 1. The molecule has 0 aliphatic carbocycles. The molecular formula is C13H26N2O. The number of rotatable bonds is 1. The molecule has 2 saturated heterocycles. The molecule has 2 aliphatic heterocycles. The van der Waals surface area contributed by atoms with Crippen LogP contribution in [0.2, 0.25) is 0 Å². The lowest BCUT2D eigenvalue weighted by atomic mass is 9.81. The highest BCUT2D eigenvalue weighted by molar-refractivity contribution is 4.97. The van der Waals surface area contributed by atoms with Crippen LogP contribution >= 0.6 is 0 Å². The van der Waals surface area contributed by atoms with Crippen molar-refractivity contribution in [3.8, 4) is 0 Å². The molecule has 2 rings (SSSR count). The summed E-state index contributed by atoms with van der Waals surface area (Å²) in [5.74, 6) is 0.605. The lowest BCUT2D eigenvalue weighted by Gasteiger charge is -2.52. The molecule has 0 bridgehead atoms. The maximum atomic E-state index is 6.15. The van der Waals surface area contributed by atoms with E-state index in [1.165, 1.54) is 12.8 Å². The average Bonchev–Trinajstić information content (AvgIpc) is 2.27. The van der Waals surface area contributed by atoms with Gasteiger partial charge in [-0.1, -0.05) is 6.92 Å². The normalized spacial score (nSPS) is 40.9. The van der Waals surface area contributed by atoms with E-state index in [1.54, 1.807) is 0 Å². The molecule has 16 heavy (non-hydrogen) atoms. The van der Waals surface area contributed by atoms with E-state index in [-0.39, 0.29) is 0 Å². The zero-order valence-corrected chi connectivity index (χ0v) is 10.9. The minimum atomic E-state index is 0.339. The highest BCUT2D eigenvalue weighted by Crippen LogP contribution is 2.34. The first kappa shape index (κ1) is 12.3. The van der Waals surface area contributed by atoms with Crippen LogP contribution in [0.5, 0.6) is 0 Å². The van der Waals surface area contributed by atoms with E-state index in [0.29, 0.717) is 23.5 Å². The minimum Gasteiger partial charge on any atom is -0.381 e. The average molecular weight is 226 g/mol.